The van der Waals surface area contributed by atoms with Gasteiger partial charge in [-0.05, 0) is 94.4 Å². The van der Waals surface area contributed by atoms with Gasteiger partial charge < -0.3 is 35.5 Å². The minimum atomic E-state index is -0.472. The molecule has 238 valence electrons. The Morgan fingerprint density at radius 1 is 0.951 bits per heavy atom. The molecule has 0 bridgehead atoms. The van der Waals surface area contributed by atoms with Crippen molar-refractivity contribution in [2.75, 3.05) is 13.2 Å². The van der Waals surface area contributed by atoms with E-state index in [9.17, 15) is 19.8 Å². The van der Waals surface area contributed by atoms with Gasteiger partial charge in [0, 0.05) is 26.9 Å². The zero-order chi connectivity index (χ0) is 29.8. The summed E-state index contributed by atoms with van der Waals surface area (Å²) in [5, 5.41) is 24.2. The van der Waals surface area contributed by atoms with E-state index in [2.05, 4.69) is 5.32 Å². The quantitative estimate of drug-likeness (QED) is 0.209. The number of piperidine rings is 1. The predicted octanol–water partition coefficient (Wildman–Crippen LogP) is 4.21. The maximum absolute atomic E-state index is 12.1. The molecule has 1 aliphatic heterocycles. The number of esters is 2. The van der Waals surface area contributed by atoms with Crippen LogP contribution in [0.2, 0.25) is 0 Å². The van der Waals surface area contributed by atoms with Gasteiger partial charge in [0.1, 0.15) is 12.2 Å². The molecule has 0 aromatic rings. The molecule has 3 rings (SSSR count). The lowest BCUT2D eigenvalue weighted by atomic mass is 9.66. The molecule has 0 aromatic carbocycles. The summed E-state index contributed by atoms with van der Waals surface area (Å²) in [6.45, 7) is 5.87. The SMILES string of the molecule is CC[C@H](CO)CC[C@@H](C[C@@H](CCC1CC(OC2CCCCC2)C(O)CC1C1CCNC(N)C1)OC(C)=O)OC(C)=O. The van der Waals surface area contributed by atoms with Gasteiger partial charge in [0.15, 0.2) is 0 Å². The van der Waals surface area contributed by atoms with Crippen molar-refractivity contribution in [2.24, 2.45) is 29.4 Å². The van der Waals surface area contributed by atoms with Crippen LogP contribution in [0.5, 0.6) is 0 Å². The molecule has 9 atom stereocenters. The number of aliphatic hydroxyl groups is 2. The Morgan fingerprint density at radius 2 is 1.63 bits per heavy atom. The highest BCUT2D eigenvalue weighted by Crippen LogP contribution is 2.43. The molecule has 9 nitrogen and oxygen atoms in total. The van der Waals surface area contributed by atoms with Gasteiger partial charge in [-0.15, -0.1) is 0 Å². The first kappa shape index (κ1) is 34.2. The number of ether oxygens (including phenoxy) is 3. The molecule has 2 saturated carbocycles. The fourth-order valence-electron chi connectivity index (χ4n) is 7.59. The second-order valence-electron chi connectivity index (χ2n) is 13.1. The molecule has 0 amide bonds. The summed E-state index contributed by atoms with van der Waals surface area (Å²) in [4.78, 5) is 24.0. The minimum Gasteiger partial charge on any atom is -0.462 e. The Balaban J connectivity index is 1.70. The molecule has 3 fully saturated rings. The van der Waals surface area contributed by atoms with E-state index in [0.29, 0.717) is 43.4 Å². The molecule has 9 heteroatoms. The first-order valence-corrected chi connectivity index (χ1v) is 16.5. The minimum absolute atomic E-state index is 0.0214. The lowest BCUT2D eigenvalue weighted by molar-refractivity contribution is -0.154. The summed E-state index contributed by atoms with van der Waals surface area (Å²) in [6.07, 6.45) is 12.3. The number of aliphatic hydroxyl groups excluding tert-OH is 2. The summed E-state index contributed by atoms with van der Waals surface area (Å²) in [5.41, 5.74) is 6.29. The van der Waals surface area contributed by atoms with Crippen molar-refractivity contribution in [3.05, 3.63) is 0 Å². The van der Waals surface area contributed by atoms with Crippen molar-refractivity contribution >= 4 is 11.9 Å². The van der Waals surface area contributed by atoms with Crippen LogP contribution in [0.4, 0.5) is 0 Å². The zero-order valence-electron chi connectivity index (χ0n) is 25.8. The third-order valence-corrected chi connectivity index (χ3v) is 9.87. The molecule has 3 aliphatic rings. The van der Waals surface area contributed by atoms with Gasteiger partial charge in [-0.25, -0.2) is 0 Å². The average Bonchev–Trinajstić information content (AvgIpc) is 2.93. The van der Waals surface area contributed by atoms with Gasteiger partial charge in [-0.2, -0.15) is 0 Å². The number of nitrogens with one attached hydrogen (secondary N) is 1. The second kappa shape index (κ2) is 17.8. The van der Waals surface area contributed by atoms with Crippen LogP contribution in [-0.2, 0) is 23.8 Å². The highest BCUT2D eigenvalue weighted by molar-refractivity contribution is 5.66. The summed E-state index contributed by atoms with van der Waals surface area (Å²) in [5.74, 6) is 0.573. The maximum atomic E-state index is 12.1. The van der Waals surface area contributed by atoms with Crippen LogP contribution in [0.15, 0.2) is 0 Å². The predicted molar refractivity (Wildman–Crippen MR) is 158 cm³/mol. The van der Waals surface area contributed by atoms with Crippen LogP contribution in [0.3, 0.4) is 0 Å². The molecule has 6 unspecified atom stereocenters. The van der Waals surface area contributed by atoms with Crippen molar-refractivity contribution in [3.63, 3.8) is 0 Å². The van der Waals surface area contributed by atoms with Crippen LogP contribution in [0.25, 0.3) is 0 Å². The van der Waals surface area contributed by atoms with Crippen molar-refractivity contribution in [1.29, 1.82) is 0 Å². The van der Waals surface area contributed by atoms with E-state index in [1.807, 2.05) is 6.92 Å². The average molecular weight is 583 g/mol. The summed E-state index contributed by atoms with van der Waals surface area (Å²) < 4.78 is 18.0. The molecule has 41 heavy (non-hydrogen) atoms. The lowest BCUT2D eigenvalue weighted by Crippen LogP contribution is -2.50. The van der Waals surface area contributed by atoms with E-state index in [0.717, 1.165) is 57.9 Å². The first-order valence-electron chi connectivity index (χ1n) is 16.5. The highest BCUT2D eigenvalue weighted by Gasteiger charge is 2.42. The summed E-state index contributed by atoms with van der Waals surface area (Å²) >= 11 is 0. The number of nitrogens with two attached hydrogens (primary N) is 1. The molecule has 2 aliphatic carbocycles. The van der Waals surface area contributed by atoms with E-state index in [1.165, 1.54) is 33.1 Å². The maximum Gasteiger partial charge on any atom is 0.302 e. The molecule has 1 heterocycles. The van der Waals surface area contributed by atoms with Gasteiger partial charge in [0.2, 0.25) is 0 Å². The lowest BCUT2D eigenvalue weighted by Gasteiger charge is -2.46. The molecule has 5 N–H and O–H groups in total. The van der Waals surface area contributed by atoms with E-state index in [4.69, 9.17) is 19.9 Å². The van der Waals surface area contributed by atoms with Gasteiger partial charge in [-0.1, -0.05) is 32.6 Å². The van der Waals surface area contributed by atoms with Gasteiger partial charge in [-0.3, -0.25) is 9.59 Å². The van der Waals surface area contributed by atoms with Crippen molar-refractivity contribution in [1.82, 2.24) is 5.32 Å². The normalized spacial score (nSPS) is 31.7. The largest absolute Gasteiger partial charge is 0.462 e. The molecule has 0 spiro atoms. The first-order chi connectivity index (χ1) is 19.7. The van der Waals surface area contributed by atoms with Crippen LogP contribution in [-0.4, -0.2) is 72.0 Å². The van der Waals surface area contributed by atoms with Crippen LogP contribution >= 0.6 is 0 Å². The van der Waals surface area contributed by atoms with Crippen LogP contribution in [0.1, 0.15) is 117 Å². The second-order valence-corrected chi connectivity index (χ2v) is 13.1. The number of carbonyl (C=O) groups is 2. The third-order valence-electron chi connectivity index (χ3n) is 9.87. The Kier molecular flexibility index (Phi) is 14.8. The molecule has 0 radical (unpaired) electrons. The zero-order valence-corrected chi connectivity index (χ0v) is 25.8. The molecule has 0 aromatic heterocycles. The van der Waals surface area contributed by atoms with Gasteiger partial charge in [0.05, 0.1) is 24.5 Å². The number of hydrogen-bond acceptors (Lipinski definition) is 9. The Bertz CT molecular complexity index is 773. The van der Waals surface area contributed by atoms with Gasteiger partial charge in [0.25, 0.3) is 0 Å². The van der Waals surface area contributed by atoms with Crippen molar-refractivity contribution in [2.45, 2.75) is 154 Å². The molecular formula is C32H58N2O7. The topological polar surface area (TPSA) is 140 Å². The van der Waals surface area contributed by atoms with E-state index >= 15 is 0 Å². The van der Waals surface area contributed by atoms with Crippen molar-refractivity contribution in [3.8, 4) is 0 Å². The van der Waals surface area contributed by atoms with Crippen LogP contribution in [0, 0.1) is 23.7 Å². The monoisotopic (exact) mass is 582 g/mol. The standard InChI is InChI=1S/C32H58N2O7/c1-4-23(20-35)10-12-27(39-21(2)36)18-28(40-22(3)37)13-11-24-16-31(41-26-8-6-5-7-9-26)30(38)19-29(24)25-14-15-34-32(33)17-25/h23-32,34-35,38H,4-20,33H2,1-3H3/t23-,24?,25?,27-,28+,29?,30?,31?,32?/m0/s1. The van der Waals surface area contributed by atoms with E-state index < -0.39 is 6.10 Å². The molecular weight excluding hydrogens is 524 g/mol. The Morgan fingerprint density at radius 3 is 2.24 bits per heavy atom. The number of hydrogen-bond donors (Lipinski definition) is 4. The fourth-order valence-corrected chi connectivity index (χ4v) is 7.59. The van der Waals surface area contributed by atoms with E-state index in [1.54, 1.807) is 0 Å². The fraction of sp³-hybridized carbons (Fsp3) is 0.938. The van der Waals surface area contributed by atoms with E-state index in [-0.39, 0.29) is 55.0 Å². The third kappa shape index (κ3) is 11.7. The Hall–Kier alpha value is -1.26. The highest BCUT2D eigenvalue weighted by atomic mass is 16.6. The smallest absolute Gasteiger partial charge is 0.302 e. The van der Waals surface area contributed by atoms with Gasteiger partial charge >= 0.3 is 11.9 Å². The summed E-state index contributed by atoms with van der Waals surface area (Å²) in [6, 6.07) is 0. The number of rotatable bonds is 15. The molecule has 1 saturated heterocycles. The van der Waals surface area contributed by atoms with Crippen molar-refractivity contribution < 1.29 is 34.0 Å². The van der Waals surface area contributed by atoms with Crippen LogP contribution < -0.4 is 11.1 Å². The summed E-state index contributed by atoms with van der Waals surface area (Å²) in [7, 11) is 0. The number of carbonyl (C=O) groups excluding carboxylic acids is 2. The Labute approximate surface area is 247 Å².